The van der Waals surface area contributed by atoms with Crippen LogP contribution in [-0.2, 0) is 28.6 Å². The van der Waals surface area contributed by atoms with Gasteiger partial charge in [0.25, 0.3) is 0 Å². The lowest BCUT2D eigenvalue weighted by atomic mass is 10.0. The molecule has 0 amide bonds. The molecule has 0 fully saturated rings. The number of unbranched alkanes of at least 4 members (excludes halogenated alkanes) is 43. The van der Waals surface area contributed by atoms with Crippen LogP contribution >= 0.6 is 0 Å². The third-order valence-corrected chi connectivity index (χ3v) is 15.5. The van der Waals surface area contributed by atoms with Crippen LogP contribution in [0.1, 0.15) is 367 Å². The zero-order valence-corrected chi connectivity index (χ0v) is 52.9. The molecule has 6 nitrogen and oxygen atoms in total. The minimum absolute atomic E-state index is 0.0693. The van der Waals surface area contributed by atoms with Crippen LogP contribution in [0, 0.1) is 0 Å². The molecule has 1 unspecified atom stereocenters. The number of rotatable bonds is 64. The van der Waals surface area contributed by atoms with Crippen molar-refractivity contribution >= 4 is 17.9 Å². The van der Waals surface area contributed by atoms with E-state index in [1.54, 1.807) is 0 Å². The Labute approximate surface area is 491 Å². The Bertz CT molecular complexity index is 1410. The minimum Gasteiger partial charge on any atom is -0.462 e. The summed E-state index contributed by atoms with van der Waals surface area (Å²) in [6, 6.07) is 0. The molecule has 0 spiro atoms. The summed E-state index contributed by atoms with van der Waals surface area (Å²) < 4.78 is 16.9. The van der Waals surface area contributed by atoms with Crippen molar-refractivity contribution in [2.24, 2.45) is 0 Å². The summed E-state index contributed by atoms with van der Waals surface area (Å²) in [5.74, 6) is -0.854. The predicted molar refractivity (Wildman–Crippen MR) is 344 cm³/mol. The van der Waals surface area contributed by atoms with Crippen LogP contribution in [0.2, 0.25) is 0 Å². The number of carbonyl (C=O) groups excluding carboxylic acids is 3. The van der Waals surface area contributed by atoms with Crippen molar-refractivity contribution in [1.82, 2.24) is 0 Å². The average Bonchev–Trinajstić information content (AvgIpc) is 3.45. The molecule has 0 radical (unpaired) electrons. The van der Waals surface area contributed by atoms with Gasteiger partial charge >= 0.3 is 17.9 Å². The van der Waals surface area contributed by atoms with Gasteiger partial charge in [0.15, 0.2) is 6.10 Å². The highest BCUT2D eigenvalue weighted by atomic mass is 16.6. The van der Waals surface area contributed by atoms with Crippen molar-refractivity contribution in [2.45, 2.75) is 374 Å². The maximum absolute atomic E-state index is 12.9. The third kappa shape index (κ3) is 65.8. The van der Waals surface area contributed by atoms with E-state index in [2.05, 4.69) is 81.5 Å². The summed E-state index contributed by atoms with van der Waals surface area (Å²) in [6.45, 7) is 6.54. The molecule has 0 N–H and O–H groups in total. The Balaban J connectivity index is 4.04. The maximum atomic E-state index is 12.9. The van der Waals surface area contributed by atoms with Gasteiger partial charge in [-0.3, -0.25) is 14.4 Å². The van der Waals surface area contributed by atoms with E-state index in [0.29, 0.717) is 19.3 Å². The SMILES string of the molecule is CC/C=C\C/C=C\C/C=C\C/C=C\CCCCCCCCCCCCCCCCCCC(=O)OCC(COC(=O)CCCCCCCCC)OC(=O)CCCCCCCCCCCCCCC/C=C\CCCCCCCCCC. The van der Waals surface area contributed by atoms with Gasteiger partial charge in [-0.1, -0.05) is 326 Å². The molecule has 0 aliphatic heterocycles. The van der Waals surface area contributed by atoms with Gasteiger partial charge in [-0.25, -0.2) is 0 Å². The Morgan fingerprint density at radius 1 is 0.266 bits per heavy atom. The smallest absolute Gasteiger partial charge is 0.306 e. The van der Waals surface area contributed by atoms with Gasteiger partial charge in [0.05, 0.1) is 0 Å². The fraction of sp³-hybridized carbons (Fsp3) is 0.822. The largest absolute Gasteiger partial charge is 0.462 e. The maximum Gasteiger partial charge on any atom is 0.306 e. The summed E-state index contributed by atoms with van der Waals surface area (Å²) in [7, 11) is 0. The molecule has 0 aromatic carbocycles. The fourth-order valence-electron chi connectivity index (χ4n) is 10.3. The van der Waals surface area contributed by atoms with E-state index in [0.717, 1.165) is 83.5 Å². The van der Waals surface area contributed by atoms with Crippen molar-refractivity contribution in [3.8, 4) is 0 Å². The van der Waals surface area contributed by atoms with E-state index >= 15 is 0 Å². The van der Waals surface area contributed by atoms with E-state index in [9.17, 15) is 14.4 Å². The molecule has 460 valence electrons. The van der Waals surface area contributed by atoms with Crippen LogP contribution in [0.15, 0.2) is 60.8 Å². The van der Waals surface area contributed by atoms with E-state index in [1.807, 2.05) is 0 Å². The summed E-state index contributed by atoms with van der Waals surface area (Å²) in [4.78, 5) is 38.2. The number of esters is 3. The standard InChI is InChI=1S/C73H132O6/c1-4-7-10-13-16-18-20-22-24-26-28-30-32-34-35-36-37-39-40-42-44-46-48-50-52-54-57-60-63-66-72(75)78-69-70(68-77-71(74)65-62-59-56-15-12-9-6-3)79-73(76)67-64-61-58-55-53-51-49-47-45-43-41-38-33-31-29-27-25-23-21-19-17-14-11-8-5-2/h7,10,16,18,22,24,27-30,70H,4-6,8-9,11-15,17,19-21,23,25-26,31-69H2,1-3H3/b10-7-,18-16-,24-22-,29-27-,30-28-. The Morgan fingerprint density at radius 2 is 0.494 bits per heavy atom. The van der Waals surface area contributed by atoms with Gasteiger partial charge < -0.3 is 14.2 Å². The second-order valence-electron chi connectivity index (χ2n) is 23.4. The van der Waals surface area contributed by atoms with Gasteiger partial charge in [0.1, 0.15) is 13.2 Å². The summed E-state index contributed by atoms with van der Waals surface area (Å²) in [5.41, 5.74) is 0. The molecule has 79 heavy (non-hydrogen) atoms. The second-order valence-corrected chi connectivity index (χ2v) is 23.4. The van der Waals surface area contributed by atoms with Crippen molar-refractivity contribution in [2.75, 3.05) is 13.2 Å². The normalized spacial score (nSPS) is 12.4. The molecule has 0 rings (SSSR count). The van der Waals surface area contributed by atoms with Gasteiger partial charge in [-0.15, -0.1) is 0 Å². The van der Waals surface area contributed by atoms with Crippen LogP contribution in [0.4, 0.5) is 0 Å². The first-order valence-corrected chi connectivity index (χ1v) is 34.8. The molecule has 1 atom stereocenters. The Hall–Kier alpha value is -2.89. The molecule has 0 heterocycles. The van der Waals surface area contributed by atoms with E-state index < -0.39 is 6.10 Å². The zero-order valence-electron chi connectivity index (χ0n) is 52.9. The Kier molecular flexibility index (Phi) is 65.1. The van der Waals surface area contributed by atoms with Gasteiger partial charge in [-0.05, 0) is 83.5 Å². The monoisotopic (exact) mass is 1110 g/mol. The van der Waals surface area contributed by atoms with Gasteiger partial charge in [-0.2, -0.15) is 0 Å². The van der Waals surface area contributed by atoms with Crippen LogP contribution in [0.25, 0.3) is 0 Å². The molecule has 0 aliphatic rings. The molecular formula is C73H132O6. The highest BCUT2D eigenvalue weighted by molar-refractivity contribution is 5.71. The summed E-state index contributed by atoms with van der Waals surface area (Å²) in [6.07, 6.45) is 87.1. The van der Waals surface area contributed by atoms with Crippen LogP contribution in [-0.4, -0.2) is 37.2 Å². The summed E-state index contributed by atoms with van der Waals surface area (Å²) >= 11 is 0. The molecule has 0 saturated carbocycles. The minimum atomic E-state index is -0.770. The number of hydrogen-bond acceptors (Lipinski definition) is 6. The van der Waals surface area contributed by atoms with Gasteiger partial charge in [0.2, 0.25) is 0 Å². The molecule has 6 heteroatoms. The van der Waals surface area contributed by atoms with Crippen molar-refractivity contribution in [1.29, 1.82) is 0 Å². The predicted octanol–water partition coefficient (Wildman–Crippen LogP) is 23.9. The lowest BCUT2D eigenvalue weighted by Crippen LogP contribution is -2.30. The lowest BCUT2D eigenvalue weighted by Gasteiger charge is -2.18. The average molecular weight is 1110 g/mol. The molecule has 0 aliphatic carbocycles. The summed E-state index contributed by atoms with van der Waals surface area (Å²) in [5, 5.41) is 0. The van der Waals surface area contributed by atoms with Crippen LogP contribution < -0.4 is 0 Å². The van der Waals surface area contributed by atoms with Crippen LogP contribution in [0.5, 0.6) is 0 Å². The molecular weight excluding hydrogens is 973 g/mol. The highest BCUT2D eigenvalue weighted by Crippen LogP contribution is 2.18. The van der Waals surface area contributed by atoms with E-state index in [-0.39, 0.29) is 31.1 Å². The number of carbonyl (C=O) groups is 3. The first-order valence-electron chi connectivity index (χ1n) is 34.8. The first-order chi connectivity index (χ1) is 39.0. The van der Waals surface area contributed by atoms with Crippen molar-refractivity contribution in [3.63, 3.8) is 0 Å². The van der Waals surface area contributed by atoms with Crippen LogP contribution in [0.3, 0.4) is 0 Å². The lowest BCUT2D eigenvalue weighted by molar-refractivity contribution is -0.167. The molecule has 0 aromatic rings. The molecule has 0 saturated heterocycles. The zero-order chi connectivity index (χ0) is 57.1. The number of hydrogen-bond donors (Lipinski definition) is 0. The fourth-order valence-corrected chi connectivity index (χ4v) is 10.3. The van der Waals surface area contributed by atoms with E-state index in [1.165, 1.54) is 244 Å². The quantitative estimate of drug-likeness (QED) is 0.0261. The third-order valence-electron chi connectivity index (χ3n) is 15.5. The van der Waals surface area contributed by atoms with Crippen molar-refractivity contribution < 1.29 is 28.6 Å². The van der Waals surface area contributed by atoms with Gasteiger partial charge in [0, 0.05) is 19.3 Å². The van der Waals surface area contributed by atoms with Crippen molar-refractivity contribution in [3.05, 3.63) is 60.8 Å². The van der Waals surface area contributed by atoms with E-state index in [4.69, 9.17) is 14.2 Å². The highest BCUT2D eigenvalue weighted by Gasteiger charge is 2.19. The number of ether oxygens (including phenoxy) is 3. The topological polar surface area (TPSA) is 78.9 Å². The Morgan fingerprint density at radius 3 is 0.785 bits per heavy atom. The second kappa shape index (κ2) is 67.6. The molecule has 0 bridgehead atoms. The number of allylic oxidation sites excluding steroid dienone is 10. The molecule has 0 aromatic heterocycles. The first kappa shape index (κ1) is 76.1.